The molecule has 1 aromatic carbocycles. The van der Waals surface area contributed by atoms with E-state index in [4.69, 9.17) is 0 Å². The Morgan fingerprint density at radius 1 is 1.26 bits per heavy atom. The average Bonchev–Trinajstić information content (AvgIpc) is 2.38. The zero-order valence-corrected chi connectivity index (χ0v) is 13.0. The van der Waals surface area contributed by atoms with Gasteiger partial charge in [-0.25, -0.2) is 0 Å². The van der Waals surface area contributed by atoms with E-state index in [1.54, 1.807) is 0 Å². The molecule has 1 atom stereocenters. The third-order valence-corrected chi connectivity index (χ3v) is 4.12. The van der Waals surface area contributed by atoms with E-state index in [0.29, 0.717) is 17.4 Å². The number of hydrogen-bond donors (Lipinski definition) is 1. The van der Waals surface area contributed by atoms with Crippen LogP contribution in [0.4, 0.5) is 5.69 Å². The van der Waals surface area contributed by atoms with E-state index in [-0.39, 0.29) is 0 Å². The molecule has 1 aliphatic heterocycles. The molecule has 1 unspecified atom stereocenters. The Kier molecular flexibility index (Phi) is 4.19. The van der Waals surface area contributed by atoms with Crippen molar-refractivity contribution in [2.45, 2.75) is 46.6 Å². The van der Waals surface area contributed by atoms with Gasteiger partial charge in [0.15, 0.2) is 0 Å². The average molecular weight is 260 g/mol. The van der Waals surface area contributed by atoms with Crippen molar-refractivity contribution >= 4 is 5.69 Å². The smallest absolute Gasteiger partial charge is 0.0370 e. The minimum absolute atomic E-state index is 0.314. The molecule has 0 spiro atoms. The van der Waals surface area contributed by atoms with Crippen LogP contribution >= 0.6 is 0 Å². The monoisotopic (exact) mass is 260 g/mol. The second-order valence-corrected chi connectivity index (χ2v) is 7.07. The number of piperazine rings is 1. The summed E-state index contributed by atoms with van der Waals surface area (Å²) in [5, 5.41) is 3.65. The fourth-order valence-electron chi connectivity index (χ4n) is 2.65. The van der Waals surface area contributed by atoms with Crippen molar-refractivity contribution in [3.8, 4) is 0 Å². The molecule has 1 aliphatic rings. The van der Waals surface area contributed by atoms with Crippen molar-refractivity contribution in [1.82, 2.24) is 5.32 Å². The lowest BCUT2D eigenvalue weighted by molar-refractivity contribution is 0.254. The maximum Gasteiger partial charge on any atom is 0.0370 e. The number of anilines is 1. The molecule has 1 aromatic rings. The molecule has 106 valence electrons. The Labute approximate surface area is 118 Å². The van der Waals surface area contributed by atoms with Crippen LogP contribution in [0.15, 0.2) is 24.3 Å². The molecule has 1 fully saturated rings. The zero-order valence-electron chi connectivity index (χ0n) is 13.0. The molecule has 0 aliphatic carbocycles. The Hall–Kier alpha value is -1.02. The summed E-state index contributed by atoms with van der Waals surface area (Å²) in [6, 6.07) is 9.59. The summed E-state index contributed by atoms with van der Waals surface area (Å²) in [4.78, 5) is 2.53. The topological polar surface area (TPSA) is 15.3 Å². The highest BCUT2D eigenvalue weighted by atomic mass is 15.2. The van der Waals surface area contributed by atoms with Gasteiger partial charge >= 0.3 is 0 Å². The van der Waals surface area contributed by atoms with Crippen LogP contribution in [-0.4, -0.2) is 25.7 Å². The predicted molar refractivity (Wildman–Crippen MR) is 84.0 cm³/mol. The molecule has 2 heteroatoms. The van der Waals surface area contributed by atoms with Crippen LogP contribution in [0.5, 0.6) is 0 Å². The molecular formula is C17H28N2. The van der Waals surface area contributed by atoms with Crippen molar-refractivity contribution in [2.75, 3.05) is 24.5 Å². The Bertz CT molecular complexity index is 418. The maximum atomic E-state index is 3.65. The van der Waals surface area contributed by atoms with Crippen LogP contribution in [0.2, 0.25) is 0 Å². The van der Waals surface area contributed by atoms with Crippen LogP contribution in [0, 0.1) is 5.41 Å². The summed E-state index contributed by atoms with van der Waals surface area (Å²) in [5.74, 6) is 0.598. The van der Waals surface area contributed by atoms with Gasteiger partial charge in [0.05, 0.1) is 0 Å². The molecular weight excluding hydrogens is 232 g/mol. The minimum Gasteiger partial charge on any atom is -0.369 e. The van der Waals surface area contributed by atoms with Gasteiger partial charge in [-0.05, 0) is 29.0 Å². The summed E-state index contributed by atoms with van der Waals surface area (Å²) in [6.07, 6.45) is 0. The minimum atomic E-state index is 0.314. The van der Waals surface area contributed by atoms with Crippen LogP contribution in [0.3, 0.4) is 0 Å². The van der Waals surface area contributed by atoms with E-state index in [2.05, 4.69) is 69.1 Å². The van der Waals surface area contributed by atoms with E-state index in [9.17, 15) is 0 Å². The molecule has 2 nitrogen and oxygen atoms in total. The number of nitrogens with one attached hydrogen (secondary N) is 1. The lowest BCUT2D eigenvalue weighted by atomic mass is 9.85. The summed E-state index contributed by atoms with van der Waals surface area (Å²) in [7, 11) is 0. The SMILES string of the molecule is CC(C)c1cccc(N2CCNC(C(C)(C)C)C2)c1. The van der Waals surface area contributed by atoms with E-state index in [1.165, 1.54) is 11.3 Å². The largest absolute Gasteiger partial charge is 0.369 e. The van der Waals surface area contributed by atoms with E-state index in [0.717, 1.165) is 19.6 Å². The summed E-state index contributed by atoms with van der Waals surface area (Å²) in [5.41, 5.74) is 3.12. The molecule has 1 N–H and O–H groups in total. The first-order valence-corrected chi connectivity index (χ1v) is 7.46. The van der Waals surface area contributed by atoms with Crippen molar-refractivity contribution < 1.29 is 0 Å². The predicted octanol–water partition coefficient (Wildman–Crippen LogP) is 3.63. The van der Waals surface area contributed by atoms with Crippen molar-refractivity contribution in [3.05, 3.63) is 29.8 Å². The van der Waals surface area contributed by atoms with E-state index in [1.807, 2.05) is 0 Å². The van der Waals surface area contributed by atoms with Crippen LogP contribution in [0.25, 0.3) is 0 Å². The van der Waals surface area contributed by atoms with Crippen molar-refractivity contribution in [1.29, 1.82) is 0 Å². The summed E-state index contributed by atoms with van der Waals surface area (Å²) < 4.78 is 0. The first-order valence-electron chi connectivity index (χ1n) is 7.46. The maximum absolute atomic E-state index is 3.65. The fraction of sp³-hybridized carbons (Fsp3) is 0.647. The number of nitrogens with zero attached hydrogens (tertiary/aromatic N) is 1. The summed E-state index contributed by atoms with van der Waals surface area (Å²) >= 11 is 0. The van der Waals surface area contributed by atoms with Gasteiger partial charge in [0.2, 0.25) is 0 Å². The molecule has 2 rings (SSSR count). The lowest BCUT2D eigenvalue weighted by Crippen LogP contribution is -2.56. The number of hydrogen-bond acceptors (Lipinski definition) is 2. The Balaban J connectivity index is 2.15. The van der Waals surface area contributed by atoms with Crippen LogP contribution < -0.4 is 10.2 Å². The van der Waals surface area contributed by atoms with Gasteiger partial charge in [-0.3, -0.25) is 0 Å². The highest BCUT2D eigenvalue weighted by Gasteiger charge is 2.29. The first kappa shape index (κ1) is 14.4. The van der Waals surface area contributed by atoms with Gasteiger partial charge in [0.25, 0.3) is 0 Å². The van der Waals surface area contributed by atoms with E-state index >= 15 is 0 Å². The quantitative estimate of drug-likeness (QED) is 0.873. The number of benzene rings is 1. The second kappa shape index (κ2) is 5.54. The van der Waals surface area contributed by atoms with Gasteiger partial charge in [-0.15, -0.1) is 0 Å². The normalized spacial score (nSPS) is 20.9. The van der Waals surface area contributed by atoms with Gasteiger partial charge < -0.3 is 10.2 Å². The molecule has 0 bridgehead atoms. The highest BCUT2D eigenvalue weighted by molar-refractivity contribution is 5.50. The second-order valence-electron chi connectivity index (χ2n) is 7.07. The lowest BCUT2D eigenvalue weighted by Gasteiger charge is -2.41. The third kappa shape index (κ3) is 3.50. The fourth-order valence-corrected chi connectivity index (χ4v) is 2.65. The molecule has 0 radical (unpaired) electrons. The van der Waals surface area contributed by atoms with Crippen LogP contribution in [-0.2, 0) is 0 Å². The Morgan fingerprint density at radius 2 is 2.00 bits per heavy atom. The summed E-state index contributed by atoms with van der Waals surface area (Å²) in [6.45, 7) is 14.8. The molecule has 19 heavy (non-hydrogen) atoms. The molecule has 0 aromatic heterocycles. The van der Waals surface area contributed by atoms with Gasteiger partial charge in [-0.2, -0.15) is 0 Å². The van der Waals surface area contributed by atoms with E-state index < -0.39 is 0 Å². The van der Waals surface area contributed by atoms with Crippen molar-refractivity contribution in [3.63, 3.8) is 0 Å². The molecule has 0 saturated carbocycles. The van der Waals surface area contributed by atoms with Gasteiger partial charge in [-0.1, -0.05) is 46.8 Å². The van der Waals surface area contributed by atoms with Crippen LogP contribution in [0.1, 0.15) is 46.1 Å². The zero-order chi connectivity index (χ0) is 14.0. The molecule has 1 heterocycles. The van der Waals surface area contributed by atoms with Gasteiger partial charge in [0, 0.05) is 31.4 Å². The third-order valence-electron chi connectivity index (χ3n) is 4.12. The van der Waals surface area contributed by atoms with Crippen molar-refractivity contribution in [2.24, 2.45) is 5.41 Å². The molecule has 0 amide bonds. The molecule has 1 saturated heterocycles. The standard InChI is InChI=1S/C17H28N2/c1-13(2)14-7-6-8-15(11-14)19-10-9-18-16(12-19)17(3,4)5/h6-8,11,13,16,18H,9-10,12H2,1-5H3. The van der Waals surface area contributed by atoms with Gasteiger partial charge in [0.1, 0.15) is 0 Å². The number of rotatable bonds is 2. The Morgan fingerprint density at radius 3 is 2.63 bits per heavy atom. The first-order chi connectivity index (χ1) is 8.88. The highest BCUT2D eigenvalue weighted by Crippen LogP contribution is 2.26.